The van der Waals surface area contributed by atoms with Crippen LogP contribution in [0.1, 0.15) is 25.0 Å². The lowest BCUT2D eigenvalue weighted by Crippen LogP contribution is -2.47. The highest BCUT2D eigenvalue weighted by molar-refractivity contribution is 7.89. The van der Waals surface area contributed by atoms with Gasteiger partial charge in [0.25, 0.3) is 0 Å². The summed E-state index contributed by atoms with van der Waals surface area (Å²) in [6.07, 6.45) is 0. The summed E-state index contributed by atoms with van der Waals surface area (Å²) in [7, 11) is -2.24. The maximum atomic E-state index is 12.5. The summed E-state index contributed by atoms with van der Waals surface area (Å²) in [6.45, 7) is 4.79. The Morgan fingerprint density at radius 1 is 1.45 bits per heavy atom. The highest BCUT2D eigenvalue weighted by atomic mass is 32.2. The lowest BCUT2D eigenvalue weighted by atomic mass is 10.1. The summed E-state index contributed by atoms with van der Waals surface area (Å²) in [4.78, 5) is 0.384. The molecule has 1 aromatic rings. The number of nitrogens with zero attached hydrogens (tertiary/aromatic N) is 1. The van der Waals surface area contributed by atoms with E-state index in [4.69, 9.17) is 18.0 Å². The van der Waals surface area contributed by atoms with Crippen LogP contribution in [0.5, 0.6) is 0 Å². The zero-order valence-corrected chi connectivity index (χ0v) is 13.7. The third-order valence-corrected chi connectivity index (χ3v) is 5.65. The fourth-order valence-electron chi connectivity index (χ4n) is 1.66. The third-order valence-electron chi connectivity index (χ3n) is 3.36. The van der Waals surface area contributed by atoms with E-state index < -0.39 is 15.6 Å². The molecule has 0 aliphatic rings. The SMILES string of the molecule is Cc1cc(S(=O)(=O)N(C)C(C)(C)CO)ccc1C(N)=S. The van der Waals surface area contributed by atoms with E-state index in [1.165, 1.54) is 19.2 Å². The predicted molar refractivity (Wildman–Crippen MR) is 83.2 cm³/mol. The van der Waals surface area contributed by atoms with E-state index in [9.17, 15) is 13.5 Å². The van der Waals surface area contributed by atoms with E-state index in [1.807, 2.05) is 0 Å². The Morgan fingerprint density at radius 3 is 2.40 bits per heavy atom. The van der Waals surface area contributed by atoms with Gasteiger partial charge in [-0.2, -0.15) is 4.31 Å². The second-order valence-corrected chi connectivity index (χ2v) is 7.69. The topological polar surface area (TPSA) is 83.6 Å². The van der Waals surface area contributed by atoms with Gasteiger partial charge in [-0.05, 0) is 38.5 Å². The summed E-state index contributed by atoms with van der Waals surface area (Å²) >= 11 is 4.90. The highest BCUT2D eigenvalue weighted by Crippen LogP contribution is 2.24. The molecule has 1 rings (SSSR count). The van der Waals surface area contributed by atoms with Crippen LogP contribution >= 0.6 is 12.2 Å². The molecule has 0 heterocycles. The van der Waals surface area contributed by atoms with Crippen LogP contribution in [0.2, 0.25) is 0 Å². The third kappa shape index (κ3) is 3.17. The number of benzene rings is 1. The molecule has 5 nitrogen and oxygen atoms in total. The average Bonchev–Trinajstić information content (AvgIpc) is 2.37. The van der Waals surface area contributed by atoms with Crippen molar-refractivity contribution in [2.75, 3.05) is 13.7 Å². The molecule has 0 saturated heterocycles. The van der Waals surface area contributed by atoms with Crippen LogP contribution in [0.3, 0.4) is 0 Å². The lowest BCUT2D eigenvalue weighted by molar-refractivity contribution is 0.138. The van der Waals surface area contributed by atoms with Crippen molar-refractivity contribution in [1.29, 1.82) is 0 Å². The molecule has 112 valence electrons. The molecule has 0 atom stereocenters. The molecule has 7 heteroatoms. The van der Waals surface area contributed by atoms with E-state index in [2.05, 4.69) is 0 Å². The molecule has 0 radical (unpaired) electrons. The first-order valence-corrected chi connectivity index (χ1v) is 7.89. The van der Waals surface area contributed by atoms with Gasteiger partial charge in [0.1, 0.15) is 4.99 Å². The van der Waals surface area contributed by atoms with Crippen molar-refractivity contribution in [3.05, 3.63) is 29.3 Å². The number of nitrogens with two attached hydrogens (primary N) is 1. The molecule has 0 aliphatic carbocycles. The van der Waals surface area contributed by atoms with Crippen molar-refractivity contribution in [3.63, 3.8) is 0 Å². The van der Waals surface area contributed by atoms with E-state index >= 15 is 0 Å². The number of aliphatic hydroxyl groups excluding tert-OH is 1. The number of aliphatic hydroxyl groups is 1. The molecule has 1 aromatic carbocycles. The summed E-state index contributed by atoms with van der Waals surface area (Å²) < 4.78 is 26.2. The van der Waals surface area contributed by atoms with Gasteiger partial charge in [0.15, 0.2) is 0 Å². The number of rotatable bonds is 5. The van der Waals surface area contributed by atoms with E-state index in [0.29, 0.717) is 11.1 Å². The van der Waals surface area contributed by atoms with Crippen molar-refractivity contribution in [2.24, 2.45) is 5.73 Å². The second kappa shape index (κ2) is 5.77. The Bertz CT molecular complexity index is 625. The van der Waals surface area contributed by atoms with Gasteiger partial charge in [0, 0.05) is 12.6 Å². The normalized spacial score (nSPS) is 12.7. The van der Waals surface area contributed by atoms with Crippen LogP contribution in [0.4, 0.5) is 0 Å². The molecule has 0 bridgehead atoms. The zero-order valence-electron chi connectivity index (χ0n) is 12.0. The Kier molecular flexibility index (Phi) is 4.91. The first-order chi connectivity index (χ1) is 9.04. The van der Waals surface area contributed by atoms with Crippen molar-refractivity contribution >= 4 is 27.2 Å². The number of thiocarbonyl (C=S) groups is 1. The van der Waals surface area contributed by atoms with Gasteiger partial charge in [-0.15, -0.1) is 0 Å². The van der Waals surface area contributed by atoms with Crippen LogP contribution < -0.4 is 5.73 Å². The van der Waals surface area contributed by atoms with Gasteiger partial charge in [-0.25, -0.2) is 8.42 Å². The summed E-state index contributed by atoms with van der Waals surface area (Å²) in [5, 5.41) is 9.31. The minimum atomic E-state index is -3.68. The summed E-state index contributed by atoms with van der Waals surface area (Å²) in [5.74, 6) is 0. The molecule has 20 heavy (non-hydrogen) atoms. The number of likely N-dealkylation sites (N-methyl/N-ethyl adjacent to an activating group) is 1. The van der Waals surface area contributed by atoms with Crippen LogP contribution in [0.15, 0.2) is 23.1 Å². The Morgan fingerprint density at radius 2 is 2.00 bits per heavy atom. The molecule has 0 saturated carbocycles. The molecule has 0 spiro atoms. The van der Waals surface area contributed by atoms with E-state index in [1.54, 1.807) is 26.8 Å². The highest BCUT2D eigenvalue weighted by Gasteiger charge is 2.33. The Hall–Kier alpha value is -1.02. The van der Waals surface area contributed by atoms with E-state index in [-0.39, 0.29) is 16.5 Å². The number of sulfonamides is 1. The summed E-state index contributed by atoms with van der Waals surface area (Å²) in [5.41, 5.74) is 6.04. The fraction of sp³-hybridized carbons (Fsp3) is 0.462. The quantitative estimate of drug-likeness (QED) is 0.793. The molecule has 0 amide bonds. The predicted octanol–water partition coefficient (Wildman–Crippen LogP) is 1.02. The monoisotopic (exact) mass is 316 g/mol. The molecule has 3 N–H and O–H groups in total. The van der Waals surface area contributed by atoms with Gasteiger partial charge in [0.05, 0.1) is 17.0 Å². The zero-order chi connectivity index (χ0) is 15.7. The van der Waals surface area contributed by atoms with Gasteiger partial charge < -0.3 is 10.8 Å². The van der Waals surface area contributed by atoms with Crippen molar-refractivity contribution in [1.82, 2.24) is 4.31 Å². The van der Waals surface area contributed by atoms with E-state index in [0.717, 1.165) is 4.31 Å². The Balaban J connectivity index is 3.31. The van der Waals surface area contributed by atoms with Crippen LogP contribution in [-0.2, 0) is 10.0 Å². The lowest BCUT2D eigenvalue weighted by Gasteiger charge is -2.32. The molecular formula is C13H20N2O3S2. The fourth-order valence-corrected chi connectivity index (χ4v) is 3.48. The maximum absolute atomic E-state index is 12.5. The first kappa shape index (κ1) is 17.0. The largest absolute Gasteiger partial charge is 0.394 e. The molecule has 0 fully saturated rings. The molecule has 0 aromatic heterocycles. The van der Waals surface area contributed by atoms with Gasteiger partial charge in [-0.1, -0.05) is 18.3 Å². The van der Waals surface area contributed by atoms with Crippen LogP contribution in [0.25, 0.3) is 0 Å². The number of aryl methyl sites for hydroxylation is 1. The minimum absolute atomic E-state index is 0.152. The second-order valence-electron chi connectivity index (χ2n) is 5.28. The van der Waals surface area contributed by atoms with Crippen LogP contribution in [-0.4, -0.2) is 42.0 Å². The van der Waals surface area contributed by atoms with Gasteiger partial charge in [-0.3, -0.25) is 0 Å². The minimum Gasteiger partial charge on any atom is -0.394 e. The first-order valence-electron chi connectivity index (χ1n) is 6.04. The smallest absolute Gasteiger partial charge is 0.243 e. The van der Waals surface area contributed by atoms with Crippen molar-refractivity contribution in [3.8, 4) is 0 Å². The van der Waals surface area contributed by atoms with Crippen LogP contribution in [0, 0.1) is 6.92 Å². The molecule has 0 aliphatic heterocycles. The number of hydrogen-bond acceptors (Lipinski definition) is 4. The van der Waals surface area contributed by atoms with Gasteiger partial charge >= 0.3 is 0 Å². The average molecular weight is 316 g/mol. The summed E-state index contributed by atoms with van der Waals surface area (Å²) in [6, 6.07) is 4.61. The maximum Gasteiger partial charge on any atom is 0.243 e. The molecule has 0 unspecified atom stereocenters. The Labute approximate surface area is 125 Å². The number of hydrogen-bond donors (Lipinski definition) is 2. The standard InChI is InChI=1S/C13H20N2O3S2/c1-9-7-10(5-6-11(9)12(14)19)20(17,18)15(4)13(2,3)8-16/h5-7,16H,8H2,1-4H3,(H2,14,19). The van der Waals surface area contributed by atoms with Crippen molar-refractivity contribution < 1.29 is 13.5 Å². The molecular weight excluding hydrogens is 296 g/mol. The van der Waals surface area contributed by atoms with Gasteiger partial charge in [0.2, 0.25) is 10.0 Å². The van der Waals surface area contributed by atoms with Crippen molar-refractivity contribution in [2.45, 2.75) is 31.2 Å².